The number of anilines is 1. The number of nitrogens with one attached hydrogen (secondary N) is 1. The van der Waals surface area contributed by atoms with Crippen molar-refractivity contribution in [2.75, 3.05) is 12.4 Å². The van der Waals surface area contributed by atoms with Gasteiger partial charge in [-0.25, -0.2) is 13.6 Å². The van der Waals surface area contributed by atoms with Crippen LogP contribution in [-0.2, 0) is 23.2 Å². The third kappa shape index (κ3) is 5.79. The maximum absolute atomic E-state index is 11.3. The van der Waals surface area contributed by atoms with Gasteiger partial charge < -0.3 is 14.8 Å². The number of primary sulfonamides is 1. The van der Waals surface area contributed by atoms with Crippen molar-refractivity contribution in [1.29, 1.82) is 0 Å². The summed E-state index contributed by atoms with van der Waals surface area (Å²) in [5.74, 6) is 1.20. The Morgan fingerprint density at radius 1 is 0.900 bits per heavy atom. The van der Waals surface area contributed by atoms with Crippen LogP contribution in [-0.4, -0.2) is 15.5 Å². The van der Waals surface area contributed by atoms with Gasteiger partial charge in [0.2, 0.25) is 10.0 Å². The van der Waals surface area contributed by atoms with Crippen molar-refractivity contribution in [2.45, 2.75) is 18.0 Å². The predicted octanol–water partition coefficient (Wildman–Crippen LogP) is 4.84. The van der Waals surface area contributed by atoms with Crippen LogP contribution >= 0.6 is 23.2 Å². The summed E-state index contributed by atoms with van der Waals surface area (Å²) in [5.41, 5.74) is 2.62. The van der Waals surface area contributed by atoms with Gasteiger partial charge in [0.25, 0.3) is 0 Å². The number of nitrogens with two attached hydrogens (primary N) is 1. The molecule has 0 saturated heterocycles. The van der Waals surface area contributed by atoms with E-state index in [1.165, 1.54) is 12.1 Å². The highest BCUT2D eigenvalue weighted by atomic mass is 35.5. The summed E-state index contributed by atoms with van der Waals surface area (Å²) in [5, 5.41) is 9.30. The van der Waals surface area contributed by atoms with Crippen LogP contribution < -0.4 is 19.9 Å². The van der Waals surface area contributed by atoms with Gasteiger partial charge in [-0.05, 0) is 59.7 Å². The molecule has 0 saturated carbocycles. The lowest BCUT2D eigenvalue weighted by molar-refractivity contribution is 0.284. The molecule has 6 nitrogen and oxygen atoms in total. The molecule has 0 heterocycles. The summed E-state index contributed by atoms with van der Waals surface area (Å²) in [6.07, 6.45) is 0. The molecule has 3 rings (SSSR count). The van der Waals surface area contributed by atoms with Crippen molar-refractivity contribution in [3.8, 4) is 11.5 Å². The minimum absolute atomic E-state index is 0.0678. The Labute approximate surface area is 185 Å². The molecule has 30 heavy (non-hydrogen) atoms. The molecule has 3 aromatic rings. The minimum Gasteiger partial charge on any atom is -0.493 e. The standard InChI is InChI=1S/C21H20Cl2N2O4S/c1-28-21-11-14(12-25-16-4-6-17(7-5-16)30(24,26)27)3-9-20(21)29-13-15-2-8-18(22)19(23)10-15/h2-11,25H,12-13H2,1H3,(H2,24,26,27). The molecule has 0 aliphatic heterocycles. The van der Waals surface area contributed by atoms with Gasteiger partial charge in [0.15, 0.2) is 11.5 Å². The maximum Gasteiger partial charge on any atom is 0.238 e. The van der Waals surface area contributed by atoms with Crippen LogP contribution in [0.25, 0.3) is 0 Å². The number of ether oxygens (including phenoxy) is 2. The van der Waals surface area contributed by atoms with Crippen molar-refractivity contribution in [1.82, 2.24) is 0 Å². The highest BCUT2D eigenvalue weighted by molar-refractivity contribution is 7.89. The largest absolute Gasteiger partial charge is 0.493 e. The Hall–Kier alpha value is -2.45. The van der Waals surface area contributed by atoms with Gasteiger partial charge in [-0.15, -0.1) is 0 Å². The fourth-order valence-electron chi connectivity index (χ4n) is 2.70. The second-order valence-corrected chi connectivity index (χ2v) is 8.82. The van der Waals surface area contributed by atoms with Crippen LogP contribution in [0.5, 0.6) is 11.5 Å². The van der Waals surface area contributed by atoms with Crippen LogP contribution in [0, 0.1) is 0 Å². The Morgan fingerprint density at radius 2 is 1.60 bits per heavy atom. The first-order chi connectivity index (χ1) is 14.3. The number of benzene rings is 3. The Bertz CT molecular complexity index is 1140. The maximum atomic E-state index is 11.3. The third-order valence-electron chi connectivity index (χ3n) is 4.29. The average molecular weight is 467 g/mol. The normalized spacial score (nSPS) is 11.2. The summed E-state index contributed by atoms with van der Waals surface area (Å²) in [7, 11) is -2.13. The molecule has 0 aliphatic rings. The van der Waals surface area contributed by atoms with Gasteiger partial charge in [-0.1, -0.05) is 35.3 Å². The monoisotopic (exact) mass is 466 g/mol. The van der Waals surface area contributed by atoms with E-state index in [1.807, 2.05) is 24.3 Å². The molecule has 0 atom stereocenters. The molecule has 0 fully saturated rings. The summed E-state index contributed by atoms with van der Waals surface area (Å²) >= 11 is 12.0. The van der Waals surface area contributed by atoms with E-state index >= 15 is 0 Å². The molecule has 0 spiro atoms. The van der Waals surface area contributed by atoms with Gasteiger partial charge >= 0.3 is 0 Å². The Morgan fingerprint density at radius 3 is 2.23 bits per heavy atom. The highest BCUT2D eigenvalue weighted by Crippen LogP contribution is 2.30. The zero-order valence-electron chi connectivity index (χ0n) is 16.1. The van der Waals surface area contributed by atoms with E-state index in [0.29, 0.717) is 34.7 Å². The van der Waals surface area contributed by atoms with Crippen LogP contribution in [0.2, 0.25) is 10.0 Å². The zero-order chi connectivity index (χ0) is 21.7. The summed E-state index contributed by atoms with van der Waals surface area (Å²) in [4.78, 5) is 0.0678. The second-order valence-electron chi connectivity index (χ2n) is 6.45. The molecule has 0 bridgehead atoms. The van der Waals surface area contributed by atoms with Gasteiger partial charge in [-0.3, -0.25) is 0 Å². The van der Waals surface area contributed by atoms with Crippen molar-refractivity contribution >= 4 is 38.9 Å². The van der Waals surface area contributed by atoms with Gasteiger partial charge in [-0.2, -0.15) is 0 Å². The molecule has 9 heteroatoms. The van der Waals surface area contributed by atoms with E-state index < -0.39 is 10.0 Å². The molecule has 0 unspecified atom stereocenters. The van der Waals surface area contributed by atoms with Gasteiger partial charge in [0.1, 0.15) is 6.61 Å². The van der Waals surface area contributed by atoms with Crippen molar-refractivity contribution in [2.24, 2.45) is 5.14 Å². The van der Waals surface area contributed by atoms with Crippen molar-refractivity contribution in [3.63, 3.8) is 0 Å². The number of rotatable bonds is 8. The first-order valence-electron chi connectivity index (χ1n) is 8.86. The van der Waals surface area contributed by atoms with E-state index in [9.17, 15) is 8.42 Å². The molecular weight excluding hydrogens is 447 g/mol. The molecule has 0 aliphatic carbocycles. The quantitative estimate of drug-likeness (QED) is 0.495. The molecular formula is C21H20Cl2N2O4S. The number of sulfonamides is 1. The predicted molar refractivity (Wildman–Crippen MR) is 119 cm³/mol. The summed E-state index contributed by atoms with van der Waals surface area (Å²) in [6, 6.07) is 17.2. The molecule has 3 aromatic carbocycles. The second kappa shape index (κ2) is 9.57. The topological polar surface area (TPSA) is 90.6 Å². The molecule has 0 radical (unpaired) electrons. The summed E-state index contributed by atoms with van der Waals surface area (Å²) in [6.45, 7) is 0.833. The molecule has 3 N–H and O–H groups in total. The van der Waals surface area contributed by atoms with Crippen LogP contribution in [0.15, 0.2) is 65.6 Å². The lowest BCUT2D eigenvalue weighted by atomic mass is 10.2. The van der Waals surface area contributed by atoms with Gasteiger partial charge in [0.05, 0.1) is 22.1 Å². The van der Waals surface area contributed by atoms with Crippen LogP contribution in [0.3, 0.4) is 0 Å². The Kier molecular flexibility index (Phi) is 7.10. The van der Waals surface area contributed by atoms with Crippen molar-refractivity contribution < 1.29 is 17.9 Å². The first kappa shape index (κ1) is 22.2. The fraction of sp³-hybridized carbons (Fsp3) is 0.143. The zero-order valence-corrected chi connectivity index (χ0v) is 18.4. The first-order valence-corrected chi connectivity index (χ1v) is 11.2. The van der Waals surface area contributed by atoms with E-state index in [-0.39, 0.29) is 4.90 Å². The lowest BCUT2D eigenvalue weighted by Gasteiger charge is -2.13. The number of hydrogen-bond donors (Lipinski definition) is 2. The van der Waals surface area contributed by atoms with E-state index in [2.05, 4.69) is 5.32 Å². The SMILES string of the molecule is COc1cc(CNc2ccc(S(N)(=O)=O)cc2)ccc1OCc1ccc(Cl)c(Cl)c1. The number of hydrogen-bond acceptors (Lipinski definition) is 5. The molecule has 0 aromatic heterocycles. The summed E-state index contributed by atoms with van der Waals surface area (Å²) < 4.78 is 33.9. The number of methoxy groups -OCH3 is 1. The van der Waals surface area contributed by atoms with E-state index in [0.717, 1.165) is 16.8 Å². The van der Waals surface area contributed by atoms with Gasteiger partial charge in [0, 0.05) is 12.2 Å². The van der Waals surface area contributed by atoms with Crippen LogP contribution in [0.4, 0.5) is 5.69 Å². The third-order valence-corrected chi connectivity index (χ3v) is 5.95. The lowest BCUT2D eigenvalue weighted by Crippen LogP contribution is -2.12. The average Bonchev–Trinajstić information content (AvgIpc) is 2.73. The van der Waals surface area contributed by atoms with E-state index in [4.69, 9.17) is 37.8 Å². The number of halogens is 2. The molecule has 158 valence electrons. The fourth-order valence-corrected chi connectivity index (χ4v) is 3.53. The highest BCUT2D eigenvalue weighted by Gasteiger charge is 2.09. The smallest absolute Gasteiger partial charge is 0.238 e. The molecule has 0 amide bonds. The van der Waals surface area contributed by atoms with E-state index in [1.54, 1.807) is 31.4 Å². The minimum atomic E-state index is -3.70. The Balaban J connectivity index is 1.64. The van der Waals surface area contributed by atoms with Crippen molar-refractivity contribution in [3.05, 3.63) is 81.8 Å². The van der Waals surface area contributed by atoms with Crippen LogP contribution in [0.1, 0.15) is 11.1 Å².